The number of aromatic nitrogens is 1. The zero-order valence-electron chi connectivity index (χ0n) is 11.8. The van der Waals surface area contributed by atoms with Crippen LogP contribution in [0.15, 0.2) is 30.3 Å². The zero-order chi connectivity index (χ0) is 15.4. The molecule has 1 aromatic carbocycles. The first-order valence-electron chi connectivity index (χ1n) is 6.40. The van der Waals surface area contributed by atoms with E-state index in [0.717, 1.165) is 5.39 Å². The topological polar surface area (TPSA) is 59.5 Å². The molecule has 1 heterocycles. The van der Waals surface area contributed by atoms with Gasteiger partial charge in [-0.25, -0.2) is 4.98 Å². The molecule has 0 atom stereocenters. The number of halogens is 1. The highest BCUT2D eigenvalue weighted by atomic mass is 35.5. The summed E-state index contributed by atoms with van der Waals surface area (Å²) in [6.45, 7) is 0.278. The van der Waals surface area contributed by atoms with E-state index >= 15 is 0 Å². The second-order valence-electron chi connectivity index (χ2n) is 4.56. The van der Waals surface area contributed by atoms with Crippen LogP contribution in [0.1, 0.15) is 16.8 Å². The van der Waals surface area contributed by atoms with Gasteiger partial charge in [0.2, 0.25) is 0 Å². The SMILES string of the molecule is COC(=O)CCN(C)C(=O)c1cc(Cl)nc2ccccc12. The van der Waals surface area contributed by atoms with Gasteiger partial charge in [-0.1, -0.05) is 29.8 Å². The molecule has 0 bridgehead atoms. The van der Waals surface area contributed by atoms with Gasteiger partial charge in [0.25, 0.3) is 5.91 Å². The third-order valence-electron chi connectivity index (χ3n) is 3.14. The smallest absolute Gasteiger partial charge is 0.307 e. The van der Waals surface area contributed by atoms with Crippen molar-refractivity contribution >= 4 is 34.4 Å². The Kier molecular flexibility index (Phi) is 4.75. The molecular weight excluding hydrogens is 292 g/mol. The maximum atomic E-state index is 12.5. The van der Waals surface area contributed by atoms with E-state index in [9.17, 15) is 9.59 Å². The molecule has 6 heteroatoms. The van der Waals surface area contributed by atoms with Crippen molar-refractivity contribution < 1.29 is 14.3 Å². The van der Waals surface area contributed by atoms with Crippen LogP contribution in [-0.2, 0) is 9.53 Å². The van der Waals surface area contributed by atoms with Crippen LogP contribution in [-0.4, -0.2) is 42.5 Å². The molecule has 0 aliphatic heterocycles. The van der Waals surface area contributed by atoms with E-state index in [2.05, 4.69) is 9.72 Å². The van der Waals surface area contributed by atoms with Crippen molar-refractivity contribution in [3.63, 3.8) is 0 Å². The Hall–Kier alpha value is -2.14. The summed E-state index contributed by atoms with van der Waals surface area (Å²) >= 11 is 5.97. The number of rotatable bonds is 4. The fraction of sp³-hybridized carbons (Fsp3) is 0.267. The molecule has 5 nitrogen and oxygen atoms in total. The molecule has 21 heavy (non-hydrogen) atoms. The van der Waals surface area contributed by atoms with E-state index in [1.165, 1.54) is 12.0 Å². The molecule has 0 unspecified atom stereocenters. The van der Waals surface area contributed by atoms with Crippen LogP contribution in [0, 0.1) is 0 Å². The van der Waals surface area contributed by atoms with Crippen LogP contribution in [0.5, 0.6) is 0 Å². The number of methoxy groups -OCH3 is 1. The first-order valence-corrected chi connectivity index (χ1v) is 6.78. The number of esters is 1. The lowest BCUT2D eigenvalue weighted by atomic mass is 10.1. The number of ether oxygens (including phenoxy) is 1. The molecule has 0 radical (unpaired) electrons. The number of benzene rings is 1. The zero-order valence-corrected chi connectivity index (χ0v) is 12.6. The first-order chi connectivity index (χ1) is 10.0. The maximum absolute atomic E-state index is 12.5. The fourth-order valence-electron chi connectivity index (χ4n) is 1.99. The molecular formula is C15H15ClN2O3. The standard InChI is InChI=1S/C15H15ClN2O3/c1-18(8-7-14(19)21-2)15(20)11-9-13(16)17-12-6-4-3-5-10(11)12/h3-6,9H,7-8H2,1-2H3. The number of carbonyl (C=O) groups excluding carboxylic acids is 2. The molecule has 0 aliphatic rings. The van der Waals surface area contributed by atoms with Gasteiger partial charge in [-0.15, -0.1) is 0 Å². The lowest BCUT2D eigenvalue weighted by molar-refractivity contribution is -0.140. The number of carbonyl (C=O) groups is 2. The van der Waals surface area contributed by atoms with Crippen molar-refractivity contribution in [3.05, 3.63) is 41.0 Å². The average molecular weight is 307 g/mol. The van der Waals surface area contributed by atoms with Gasteiger partial charge in [0.1, 0.15) is 5.15 Å². The monoisotopic (exact) mass is 306 g/mol. The van der Waals surface area contributed by atoms with Crippen molar-refractivity contribution in [2.75, 3.05) is 20.7 Å². The number of pyridine rings is 1. The van der Waals surface area contributed by atoms with Gasteiger partial charge in [-0.2, -0.15) is 0 Å². The summed E-state index contributed by atoms with van der Waals surface area (Å²) in [5, 5.41) is 0.996. The molecule has 110 valence electrons. The predicted molar refractivity (Wildman–Crippen MR) is 80.3 cm³/mol. The summed E-state index contributed by atoms with van der Waals surface area (Å²) in [7, 11) is 2.95. The number of nitrogens with zero attached hydrogens (tertiary/aromatic N) is 2. The molecule has 0 saturated heterocycles. The lowest BCUT2D eigenvalue weighted by Crippen LogP contribution is -2.29. The minimum Gasteiger partial charge on any atom is -0.469 e. The Morgan fingerprint density at radius 2 is 2.05 bits per heavy atom. The Balaban J connectivity index is 2.28. The average Bonchev–Trinajstić information content (AvgIpc) is 2.50. The normalized spacial score (nSPS) is 10.4. The maximum Gasteiger partial charge on any atom is 0.307 e. The lowest BCUT2D eigenvalue weighted by Gasteiger charge is -2.17. The van der Waals surface area contributed by atoms with E-state index in [-0.39, 0.29) is 30.0 Å². The highest BCUT2D eigenvalue weighted by Crippen LogP contribution is 2.22. The summed E-state index contributed by atoms with van der Waals surface area (Å²) in [6.07, 6.45) is 0.148. The largest absolute Gasteiger partial charge is 0.469 e. The van der Waals surface area contributed by atoms with Crippen LogP contribution in [0.4, 0.5) is 0 Å². The van der Waals surface area contributed by atoms with Crippen molar-refractivity contribution in [1.29, 1.82) is 0 Å². The fourth-order valence-corrected chi connectivity index (χ4v) is 2.19. The molecule has 1 amide bonds. The van der Waals surface area contributed by atoms with Gasteiger partial charge >= 0.3 is 5.97 Å². The summed E-state index contributed by atoms with van der Waals surface area (Å²) in [5.74, 6) is -0.563. The van der Waals surface area contributed by atoms with Crippen LogP contribution < -0.4 is 0 Å². The molecule has 0 aliphatic carbocycles. The molecule has 0 spiro atoms. The van der Waals surface area contributed by atoms with E-state index in [1.807, 2.05) is 18.2 Å². The van der Waals surface area contributed by atoms with Gasteiger partial charge in [-0.3, -0.25) is 9.59 Å². The molecule has 0 fully saturated rings. The number of amides is 1. The van der Waals surface area contributed by atoms with Gasteiger partial charge in [0.05, 0.1) is 24.6 Å². The van der Waals surface area contributed by atoms with E-state index in [1.54, 1.807) is 19.2 Å². The molecule has 1 aromatic heterocycles. The van der Waals surface area contributed by atoms with Crippen molar-refractivity contribution in [2.45, 2.75) is 6.42 Å². The van der Waals surface area contributed by atoms with Crippen molar-refractivity contribution in [2.24, 2.45) is 0 Å². The minimum atomic E-state index is -0.354. The Labute approximate surface area is 127 Å². The molecule has 0 saturated carbocycles. The van der Waals surface area contributed by atoms with Crippen molar-refractivity contribution in [3.8, 4) is 0 Å². The number of hydrogen-bond acceptors (Lipinski definition) is 4. The van der Waals surface area contributed by atoms with Crippen LogP contribution in [0.25, 0.3) is 10.9 Å². The van der Waals surface area contributed by atoms with Crippen LogP contribution in [0.3, 0.4) is 0 Å². The highest BCUT2D eigenvalue weighted by molar-refractivity contribution is 6.30. The summed E-state index contributed by atoms with van der Waals surface area (Å²) in [4.78, 5) is 29.3. The summed E-state index contributed by atoms with van der Waals surface area (Å²) in [6, 6.07) is 8.83. The number of fused-ring (bicyclic) bond motifs is 1. The number of para-hydroxylation sites is 1. The second-order valence-corrected chi connectivity index (χ2v) is 4.95. The first kappa shape index (κ1) is 15.3. The van der Waals surface area contributed by atoms with Crippen molar-refractivity contribution in [1.82, 2.24) is 9.88 Å². The quantitative estimate of drug-likeness (QED) is 0.643. The van der Waals surface area contributed by atoms with Crippen LogP contribution >= 0.6 is 11.6 Å². The van der Waals surface area contributed by atoms with E-state index < -0.39 is 0 Å². The number of hydrogen-bond donors (Lipinski definition) is 0. The van der Waals surface area contributed by atoms with Gasteiger partial charge in [0, 0.05) is 19.0 Å². The third kappa shape index (κ3) is 3.49. The van der Waals surface area contributed by atoms with Gasteiger partial charge in [-0.05, 0) is 12.1 Å². The summed E-state index contributed by atoms with van der Waals surface area (Å²) in [5.41, 5.74) is 1.13. The predicted octanol–water partition coefficient (Wildman–Crippen LogP) is 2.52. The van der Waals surface area contributed by atoms with Gasteiger partial charge < -0.3 is 9.64 Å². The Morgan fingerprint density at radius 1 is 1.33 bits per heavy atom. The highest BCUT2D eigenvalue weighted by Gasteiger charge is 2.17. The third-order valence-corrected chi connectivity index (χ3v) is 3.33. The second kappa shape index (κ2) is 6.54. The minimum absolute atomic E-state index is 0.148. The van der Waals surface area contributed by atoms with E-state index in [4.69, 9.17) is 11.6 Å². The summed E-state index contributed by atoms with van der Waals surface area (Å²) < 4.78 is 4.57. The molecule has 2 aromatic rings. The molecule has 0 N–H and O–H groups in total. The van der Waals surface area contributed by atoms with Crippen LogP contribution in [0.2, 0.25) is 5.15 Å². The van der Waals surface area contributed by atoms with Gasteiger partial charge in [0.15, 0.2) is 0 Å². The molecule has 2 rings (SSSR count). The van der Waals surface area contributed by atoms with E-state index in [0.29, 0.717) is 11.1 Å². The Morgan fingerprint density at radius 3 is 2.76 bits per heavy atom. The Bertz CT molecular complexity index is 688.